The molecule has 0 aliphatic heterocycles. The largest absolute Gasteiger partial charge is 0.461 e. The summed E-state index contributed by atoms with van der Waals surface area (Å²) in [6, 6.07) is 11.5. The number of furan rings is 1. The molecule has 0 saturated heterocycles. The van der Waals surface area contributed by atoms with Gasteiger partial charge in [-0.3, -0.25) is 4.79 Å². The van der Waals surface area contributed by atoms with Gasteiger partial charge in [-0.2, -0.15) is 0 Å². The lowest BCUT2D eigenvalue weighted by Crippen LogP contribution is -2.25. The van der Waals surface area contributed by atoms with Crippen molar-refractivity contribution in [2.24, 2.45) is 0 Å². The summed E-state index contributed by atoms with van der Waals surface area (Å²) in [5.41, 5.74) is 2.25. The molecule has 24 heavy (non-hydrogen) atoms. The Morgan fingerprint density at radius 1 is 1.29 bits per heavy atom. The van der Waals surface area contributed by atoms with E-state index in [2.05, 4.69) is 15.5 Å². The van der Waals surface area contributed by atoms with Gasteiger partial charge in [-0.25, -0.2) is 4.68 Å². The maximum absolute atomic E-state index is 12.0. The van der Waals surface area contributed by atoms with E-state index in [-0.39, 0.29) is 11.7 Å². The van der Waals surface area contributed by atoms with Crippen molar-refractivity contribution in [3.05, 3.63) is 53.8 Å². The van der Waals surface area contributed by atoms with Gasteiger partial charge in [0.15, 0.2) is 5.76 Å². The van der Waals surface area contributed by atoms with Crippen LogP contribution in [0, 0.1) is 6.92 Å². The number of hydrogen-bond donors (Lipinski definition) is 2. The van der Waals surface area contributed by atoms with E-state index < -0.39 is 0 Å². The molecule has 0 aliphatic carbocycles. The molecular weight excluding hydrogens is 326 g/mol. The third kappa shape index (κ3) is 3.77. The molecule has 3 rings (SSSR count). The number of hydrogen-bond acceptors (Lipinski definition) is 6. The first-order valence-corrected chi connectivity index (χ1v) is 8.31. The van der Waals surface area contributed by atoms with Crippen LogP contribution in [0.3, 0.4) is 0 Å². The number of carbonyl (C=O) groups is 1. The van der Waals surface area contributed by atoms with Crippen LogP contribution in [0.15, 0.2) is 52.2 Å². The summed E-state index contributed by atoms with van der Waals surface area (Å²) >= 11 is 1.22. The van der Waals surface area contributed by atoms with Gasteiger partial charge in [0.1, 0.15) is 0 Å². The highest BCUT2D eigenvalue weighted by molar-refractivity contribution is 7.99. The molecule has 0 atom stereocenters. The van der Waals surface area contributed by atoms with Crippen LogP contribution in [0.2, 0.25) is 0 Å². The summed E-state index contributed by atoms with van der Waals surface area (Å²) < 4.78 is 6.56. The van der Waals surface area contributed by atoms with Crippen LogP contribution in [-0.2, 0) is 11.3 Å². The number of nitrogens with two attached hydrogens (primary N) is 1. The molecule has 2 heterocycles. The van der Waals surface area contributed by atoms with E-state index >= 15 is 0 Å². The number of thioether (sulfide) groups is 1. The maximum Gasteiger partial charge on any atom is 0.230 e. The Morgan fingerprint density at radius 3 is 2.79 bits per heavy atom. The first-order chi connectivity index (χ1) is 11.6. The molecule has 0 saturated carbocycles. The lowest BCUT2D eigenvalue weighted by molar-refractivity contribution is -0.118. The van der Waals surface area contributed by atoms with Crippen molar-refractivity contribution in [2.75, 3.05) is 11.6 Å². The van der Waals surface area contributed by atoms with Crippen molar-refractivity contribution in [1.29, 1.82) is 0 Å². The molecule has 1 amide bonds. The van der Waals surface area contributed by atoms with Gasteiger partial charge in [0, 0.05) is 6.54 Å². The first-order valence-electron chi connectivity index (χ1n) is 7.33. The van der Waals surface area contributed by atoms with Crippen LogP contribution in [-0.4, -0.2) is 26.5 Å². The van der Waals surface area contributed by atoms with Gasteiger partial charge in [0.05, 0.1) is 12.0 Å². The molecule has 1 aromatic carbocycles. The fourth-order valence-corrected chi connectivity index (χ4v) is 2.72. The van der Waals surface area contributed by atoms with Crippen LogP contribution in [0.1, 0.15) is 11.1 Å². The van der Waals surface area contributed by atoms with E-state index in [0.29, 0.717) is 23.3 Å². The molecular formula is C16H17N5O2S. The number of aromatic nitrogens is 3. The van der Waals surface area contributed by atoms with Crippen molar-refractivity contribution in [2.45, 2.75) is 18.6 Å². The molecule has 0 aliphatic rings. The zero-order chi connectivity index (χ0) is 16.9. The summed E-state index contributed by atoms with van der Waals surface area (Å²) in [5, 5.41) is 11.3. The predicted octanol–water partition coefficient (Wildman–Crippen LogP) is 1.97. The minimum Gasteiger partial charge on any atom is -0.461 e. The van der Waals surface area contributed by atoms with E-state index in [1.807, 2.05) is 31.2 Å². The molecule has 0 spiro atoms. The van der Waals surface area contributed by atoms with E-state index in [1.54, 1.807) is 12.1 Å². The monoisotopic (exact) mass is 343 g/mol. The van der Waals surface area contributed by atoms with Crippen molar-refractivity contribution in [1.82, 2.24) is 20.2 Å². The SMILES string of the molecule is Cc1ccc(CNC(=O)CSc2nnc(-c3ccco3)n2N)cc1. The predicted molar refractivity (Wildman–Crippen MR) is 91.6 cm³/mol. The Morgan fingerprint density at radius 2 is 2.08 bits per heavy atom. The van der Waals surface area contributed by atoms with E-state index in [4.69, 9.17) is 10.3 Å². The van der Waals surface area contributed by atoms with Crippen molar-refractivity contribution in [3.63, 3.8) is 0 Å². The Kier molecular flexibility index (Phi) is 4.85. The average Bonchev–Trinajstić information content (AvgIpc) is 3.22. The van der Waals surface area contributed by atoms with Gasteiger partial charge < -0.3 is 15.6 Å². The van der Waals surface area contributed by atoms with Crippen LogP contribution in [0.4, 0.5) is 0 Å². The van der Waals surface area contributed by atoms with Crippen LogP contribution >= 0.6 is 11.8 Å². The number of carbonyl (C=O) groups excluding carboxylic acids is 1. The zero-order valence-electron chi connectivity index (χ0n) is 13.1. The molecule has 8 heteroatoms. The molecule has 124 valence electrons. The first kappa shape index (κ1) is 16.1. The van der Waals surface area contributed by atoms with Gasteiger partial charge >= 0.3 is 0 Å². The highest BCUT2D eigenvalue weighted by atomic mass is 32.2. The second-order valence-corrected chi connectivity index (χ2v) is 6.15. The van der Waals surface area contributed by atoms with Crippen molar-refractivity contribution in [3.8, 4) is 11.6 Å². The lowest BCUT2D eigenvalue weighted by atomic mass is 10.1. The number of amides is 1. The number of rotatable bonds is 6. The third-order valence-corrected chi connectivity index (χ3v) is 4.29. The summed E-state index contributed by atoms with van der Waals surface area (Å²) in [5.74, 6) is 7.00. The molecule has 0 radical (unpaired) electrons. The van der Waals surface area contributed by atoms with E-state index in [1.165, 1.54) is 28.3 Å². The highest BCUT2D eigenvalue weighted by Gasteiger charge is 2.15. The smallest absolute Gasteiger partial charge is 0.230 e. The Labute approximate surface area is 143 Å². The molecule has 3 aromatic rings. The summed E-state index contributed by atoms with van der Waals surface area (Å²) in [6.45, 7) is 2.52. The average molecular weight is 343 g/mol. The summed E-state index contributed by atoms with van der Waals surface area (Å²) in [6.07, 6.45) is 1.54. The Balaban J connectivity index is 1.52. The fourth-order valence-electron chi connectivity index (χ4n) is 2.04. The van der Waals surface area contributed by atoms with Gasteiger partial charge in [-0.15, -0.1) is 10.2 Å². The molecule has 0 bridgehead atoms. The summed E-state index contributed by atoms with van der Waals surface area (Å²) in [4.78, 5) is 12.0. The van der Waals surface area contributed by atoms with Crippen LogP contribution in [0.25, 0.3) is 11.6 Å². The lowest BCUT2D eigenvalue weighted by Gasteiger charge is -2.05. The van der Waals surface area contributed by atoms with Crippen molar-refractivity contribution >= 4 is 17.7 Å². The van der Waals surface area contributed by atoms with Crippen molar-refractivity contribution < 1.29 is 9.21 Å². The number of nitrogen functional groups attached to an aromatic ring is 1. The van der Waals surface area contributed by atoms with Crippen LogP contribution < -0.4 is 11.2 Å². The topological polar surface area (TPSA) is 99.0 Å². The second-order valence-electron chi connectivity index (χ2n) is 5.20. The van der Waals surface area contributed by atoms with E-state index in [9.17, 15) is 4.79 Å². The Hall–Kier alpha value is -2.74. The minimum atomic E-state index is -0.0943. The third-order valence-electron chi connectivity index (χ3n) is 3.35. The normalized spacial score (nSPS) is 10.7. The molecule has 0 fully saturated rings. The minimum absolute atomic E-state index is 0.0943. The van der Waals surface area contributed by atoms with Gasteiger partial charge in [0.25, 0.3) is 0 Å². The molecule has 7 nitrogen and oxygen atoms in total. The van der Waals surface area contributed by atoms with Gasteiger partial charge in [-0.05, 0) is 24.6 Å². The number of nitrogens with zero attached hydrogens (tertiary/aromatic N) is 3. The Bertz CT molecular complexity index is 812. The van der Waals surface area contributed by atoms with Crippen LogP contribution in [0.5, 0.6) is 0 Å². The number of aryl methyl sites for hydroxylation is 1. The summed E-state index contributed by atoms with van der Waals surface area (Å²) in [7, 11) is 0. The molecule has 0 unspecified atom stereocenters. The number of nitrogens with one attached hydrogen (secondary N) is 1. The number of benzene rings is 1. The highest BCUT2D eigenvalue weighted by Crippen LogP contribution is 2.21. The standard InChI is InChI=1S/C16H17N5O2S/c1-11-4-6-12(7-5-11)9-18-14(22)10-24-16-20-19-15(21(16)17)13-3-2-8-23-13/h2-8H,9-10,17H2,1H3,(H,18,22). The molecule has 3 N–H and O–H groups in total. The van der Waals surface area contributed by atoms with Gasteiger partial charge in [-0.1, -0.05) is 41.6 Å². The fraction of sp³-hybridized carbons (Fsp3) is 0.188. The quantitative estimate of drug-likeness (QED) is 0.524. The van der Waals surface area contributed by atoms with Gasteiger partial charge in [0.2, 0.25) is 16.9 Å². The van der Waals surface area contributed by atoms with E-state index in [0.717, 1.165) is 5.56 Å². The maximum atomic E-state index is 12.0. The zero-order valence-corrected chi connectivity index (χ0v) is 13.9. The second kappa shape index (κ2) is 7.22. The molecule has 2 aromatic heterocycles.